The maximum Gasteiger partial charge on any atom is 0.323 e. The van der Waals surface area contributed by atoms with Gasteiger partial charge in [-0.1, -0.05) is 13.8 Å². The Bertz CT molecular complexity index is 264. The van der Waals surface area contributed by atoms with E-state index in [1.54, 1.807) is 21.0 Å². The van der Waals surface area contributed by atoms with Crippen LogP contribution in [0, 0.1) is 5.92 Å². The van der Waals surface area contributed by atoms with Gasteiger partial charge in [0.1, 0.15) is 5.54 Å². The molecule has 5 nitrogen and oxygen atoms in total. The molecule has 0 bridgehead atoms. The van der Waals surface area contributed by atoms with E-state index >= 15 is 0 Å². The van der Waals surface area contributed by atoms with Crippen LogP contribution >= 0.6 is 0 Å². The van der Waals surface area contributed by atoms with Crippen molar-refractivity contribution in [3.63, 3.8) is 0 Å². The maximum absolute atomic E-state index is 11.4. The van der Waals surface area contributed by atoms with Crippen molar-refractivity contribution in [2.24, 2.45) is 5.92 Å². The second-order valence-electron chi connectivity index (χ2n) is 4.88. The summed E-state index contributed by atoms with van der Waals surface area (Å²) in [4.78, 5) is 24.0. The summed E-state index contributed by atoms with van der Waals surface area (Å²) < 4.78 is 0. The minimum absolute atomic E-state index is 0.0442. The fourth-order valence-electron chi connectivity index (χ4n) is 1.48. The van der Waals surface area contributed by atoms with Gasteiger partial charge in [-0.25, -0.2) is 0 Å². The van der Waals surface area contributed by atoms with Crippen molar-refractivity contribution in [1.29, 1.82) is 0 Å². The first-order chi connectivity index (χ1) is 7.19. The molecule has 0 saturated heterocycles. The van der Waals surface area contributed by atoms with E-state index in [1.165, 1.54) is 4.90 Å². The van der Waals surface area contributed by atoms with E-state index in [1.807, 2.05) is 13.8 Å². The van der Waals surface area contributed by atoms with Crippen molar-refractivity contribution < 1.29 is 14.7 Å². The standard InChI is InChI=1S/C11H22N2O3/c1-8(2)6-11(3,10(15)16)12-7-9(14)13(4)5/h8,12H,6-7H2,1-5H3,(H,15,16). The number of amides is 1. The molecule has 0 aromatic carbocycles. The van der Waals surface area contributed by atoms with Crippen molar-refractivity contribution in [2.75, 3.05) is 20.6 Å². The third kappa shape index (κ3) is 4.61. The van der Waals surface area contributed by atoms with Gasteiger partial charge in [-0.15, -0.1) is 0 Å². The molecule has 0 aliphatic carbocycles. The summed E-state index contributed by atoms with van der Waals surface area (Å²) in [6.07, 6.45) is 0.489. The number of likely N-dealkylation sites (N-methyl/N-ethyl adjacent to an activating group) is 1. The molecule has 0 aliphatic rings. The number of nitrogens with one attached hydrogen (secondary N) is 1. The number of nitrogens with zero attached hydrogens (tertiary/aromatic N) is 1. The summed E-state index contributed by atoms with van der Waals surface area (Å²) in [5.74, 6) is -0.799. The van der Waals surface area contributed by atoms with Gasteiger partial charge in [0.25, 0.3) is 0 Å². The highest BCUT2D eigenvalue weighted by Gasteiger charge is 2.33. The third-order valence-corrected chi connectivity index (χ3v) is 2.42. The average molecular weight is 230 g/mol. The molecule has 0 heterocycles. The molecule has 0 saturated carbocycles. The van der Waals surface area contributed by atoms with Crippen LogP contribution in [0.2, 0.25) is 0 Å². The quantitative estimate of drug-likeness (QED) is 0.699. The third-order valence-electron chi connectivity index (χ3n) is 2.42. The number of carboxylic acids is 1. The Hall–Kier alpha value is -1.10. The van der Waals surface area contributed by atoms with Gasteiger partial charge in [0.05, 0.1) is 6.54 Å². The largest absolute Gasteiger partial charge is 0.480 e. The van der Waals surface area contributed by atoms with Crippen LogP contribution in [-0.2, 0) is 9.59 Å². The minimum atomic E-state index is -1.04. The molecular weight excluding hydrogens is 208 g/mol. The molecule has 0 aromatic rings. The van der Waals surface area contributed by atoms with Crippen LogP contribution in [0.3, 0.4) is 0 Å². The average Bonchev–Trinajstić information content (AvgIpc) is 2.12. The van der Waals surface area contributed by atoms with Crippen molar-refractivity contribution in [2.45, 2.75) is 32.7 Å². The van der Waals surface area contributed by atoms with Crippen LogP contribution in [0.1, 0.15) is 27.2 Å². The molecule has 16 heavy (non-hydrogen) atoms. The van der Waals surface area contributed by atoms with E-state index in [0.717, 1.165) is 0 Å². The molecule has 0 aliphatic heterocycles. The lowest BCUT2D eigenvalue weighted by Crippen LogP contribution is -2.53. The normalized spacial score (nSPS) is 14.6. The van der Waals surface area contributed by atoms with Crippen LogP contribution in [-0.4, -0.2) is 48.1 Å². The molecule has 2 N–H and O–H groups in total. The van der Waals surface area contributed by atoms with E-state index in [-0.39, 0.29) is 18.4 Å². The van der Waals surface area contributed by atoms with Gasteiger partial charge >= 0.3 is 5.97 Å². The van der Waals surface area contributed by atoms with Crippen molar-refractivity contribution in [3.8, 4) is 0 Å². The number of hydrogen-bond acceptors (Lipinski definition) is 3. The zero-order valence-corrected chi connectivity index (χ0v) is 10.7. The molecule has 5 heteroatoms. The molecule has 0 rings (SSSR count). The Morgan fingerprint density at radius 2 is 1.88 bits per heavy atom. The Morgan fingerprint density at radius 3 is 2.19 bits per heavy atom. The molecule has 0 aromatic heterocycles. The van der Waals surface area contributed by atoms with Gasteiger partial charge in [-0.3, -0.25) is 14.9 Å². The summed E-state index contributed by atoms with van der Waals surface area (Å²) >= 11 is 0. The second-order valence-corrected chi connectivity index (χ2v) is 4.88. The highest BCUT2D eigenvalue weighted by molar-refractivity contribution is 5.81. The number of carbonyl (C=O) groups excluding carboxylic acids is 1. The topological polar surface area (TPSA) is 69.6 Å². The maximum atomic E-state index is 11.4. The highest BCUT2D eigenvalue weighted by atomic mass is 16.4. The first-order valence-corrected chi connectivity index (χ1v) is 5.37. The molecule has 1 atom stereocenters. The summed E-state index contributed by atoms with van der Waals surface area (Å²) in [7, 11) is 3.29. The van der Waals surface area contributed by atoms with Gasteiger partial charge in [0, 0.05) is 14.1 Å². The van der Waals surface area contributed by atoms with E-state index < -0.39 is 11.5 Å². The van der Waals surface area contributed by atoms with Crippen molar-refractivity contribution in [1.82, 2.24) is 10.2 Å². The molecular formula is C11H22N2O3. The summed E-state index contributed by atoms with van der Waals surface area (Å²) in [5.41, 5.74) is -1.04. The molecule has 94 valence electrons. The lowest BCUT2D eigenvalue weighted by Gasteiger charge is -2.28. The first-order valence-electron chi connectivity index (χ1n) is 5.37. The highest BCUT2D eigenvalue weighted by Crippen LogP contribution is 2.16. The summed E-state index contributed by atoms with van der Waals surface area (Å²) in [6, 6.07) is 0. The minimum Gasteiger partial charge on any atom is -0.480 e. The number of carboxylic acid groups (broad SMARTS) is 1. The molecule has 1 amide bonds. The Morgan fingerprint density at radius 1 is 1.38 bits per heavy atom. The lowest BCUT2D eigenvalue weighted by molar-refractivity contribution is -0.145. The first kappa shape index (κ1) is 14.9. The van der Waals surface area contributed by atoms with Crippen LogP contribution in [0.15, 0.2) is 0 Å². The van der Waals surface area contributed by atoms with Crippen molar-refractivity contribution >= 4 is 11.9 Å². The number of hydrogen-bond donors (Lipinski definition) is 2. The lowest BCUT2D eigenvalue weighted by atomic mass is 9.91. The predicted octanol–water partition coefficient (Wildman–Crippen LogP) is 0.554. The Balaban J connectivity index is 4.46. The van der Waals surface area contributed by atoms with E-state index in [9.17, 15) is 9.59 Å². The monoisotopic (exact) mass is 230 g/mol. The Kier molecular flexibility index (Phi) is 5.44. The fraction of sp³-hybridized carbons (Fsp3) is 0.818. The van der Waals surface area contributed by atoms with E-state index in [4.69, 9.17) is 5.11 Å². The van der Waals surface area contributed by atoms with Crippen LogP contribution in [0.4, 0.5) is 0 Å². The van der Waals surface area contributed by atoms with Crippen LogP contribution in [0.5, 0.6) is 0 Å². The predicted molar refractivity (Wildman–Crippen MR) is 62.2 cm³/mol. The van der Waals surface area contributed by atoms with E-state index in [2.05, 4.69) is 5.32 Å². The molecule has 0 spiro atoms. The van der Waals surface area contributed by atoms with Gasteiger partial charge in [0.15, 0.2) is 0 Å². The zero-order chi connectivity index (χ0) is 12.9. The SMILES string of the molecule is CC(C)CC(C)(NCC(=O)N(C)C)C(=O)O. The molecule has 0 radical (unpaired) electrons. The van der Waals surface area contributed by atoms with Crippen molar-refractivity contribution in [3.05, 3.63) is 0 Å². The number of carbonyl (C=O) groups is 2. The molecule has 0 fully saturated rings. The zero-order valence-electron chi connectivity index (χ0n) is 10.7. The molecule has 1 unspecified atom stereocenters. The van der Waals surface area contributed by atoms with Gasteiger partial charge in [-0.2, -0.15) is 0 Å². The van der Waals surface area contributed by atoms with Gasteiger partial charge < -0.3 is 10.0 Å². The van der Waals surface area contributed by atoms with Gasteiger partial charge in [0.2, 0.25) is 5.91 Å². The summed E-state index contributed by atoms with van der Waals surface area (Å²) in [5, 5.41) is 12.0. The second kappa shape index (κ2) is 5.84. The fourth-order valence-corrected chi connectivity index (χ4v) is 1.48. The Labute approximate surface area is 96.8 Å². The van der Waals surface area contributed by atoms with Crippen LogP contribution in [0.25, 0.3) is 0 Å². The van der Waals surface area contributed by atoms with Gasteiger partial charge in [-0.05, 0) is 19.3 Å². The number of aliphatic carboxylic acids is 1. The smallest absolute Gasteiger partial charge is 0.323 e. The van der Waals surface area contributed by atoms with E-state index in [0.29, 0.717) is 6.42 Å². The summed E-state index contributed by atoms with van der Waals surface area (Å²) in [6.45, 7) is 5.56. The number of rotatable bonds is 6. The van der Waals surface area contributed by atoms with Crippen LogP contribution < -0.4 is 5.32 Å².